The molecule has 2 aromatic carbocycles. The van der Waals surface area contributed by atoms with Crippen LogP contribution in [0, 0.1) is 13.8 Å². The van der Waals surface area contributed by atoms with E-state index in [2.05, 4.69) is 15.4 Å². The summed E-state index contributed by atoms with van der Waals surface area (Å²) in [6.07, 6.45) is 0. The molecule has 0 aliphatic heterocycles. The maximum absolute atomic E-state index is 12.2. The highest BCUT2D eigenvalue weighted by molar-refractivity contribution is 7.15. The number of thiazole rings is 1. The SMILES string of the molecule is Cc1cc(C)cc(OCC(=O)Nc2nc3scc(-c4cc(Cl)ccc4Cl)n3n2)c1. The number of nitrogens with zero attached hydrogens (tertiary/aromatic N) is 3. The van der Waals surface area contributed by atoms with Gasteiger partial charge in [0.2, 0.25) is 4.96 Å². The van der Waals surface area contributed by atoms with Gasteiger partial charge in [-0.05, 0) is 55.3 Å². The topological polar surface area (TPSA) is 68.5 Å². The van der Waals surface area contributed by atoms with Crippen molar-refractivity contribution >= 4 is 51.4 Å². The lowest BCUT2D eigenvalue weighted by Crippen LogP contribution is -2.21. The molecule has 1 amide bonds. The van der Waals surface area contributed by atoms with Crippen LogP contribution in [0.2, 0.25) is 10.0 Å². The molecule has 0 aliphatic rings. The molecular weight excluding hydrogens is 431 g/mol. The number of ether oxygens (including phenoxy) is 1. The van der Waals surface area contributed by atoms with Crippen molar-refractivity contribution in [3.63, 3.8) is 0 Å². The van der Waals surface area contributed by atoms with Gasteiger partial charge in [0.15, 0.2) is 6.61 Å². The third-order valence-electron chi connectivity index (χ3n) is 4.10. The van der Waals surface area contributed by atoms with Crippen LogP contribution >= 0.6 is 34.5 Å². The highest BCUT2D eigenvalue weighted by Gasteiger charge is 2.16. The molecule has 0 saturated carbocycles. The first kappa shape index (κ1) is 19.7. The van der Waals surface area contributed by atoms with Crippen LogP contribution < -0.4 is 10.1 Å². The molecule has 148 valence electrons. The van der Waals surface area contributed by atoms with Crippen LogP contribution in [0.4, 0.5) is 5.95 Å². The van der Waals surface area contributed by atoms with Gasteiger partial charge in [0.05, 0.1) is 10.7 Å². The minimum absolute atomic E-state index is 0.136. The van der Waals surface area contributed by atoms with Crippen molar-refractivity contribution in [1.29, 1.82) is 0 Å². The lowest BCUT2D eigenvalue weighted by Gasteiger charge is -2.07. The molecule has 4 rings (SSSR count). The predicted octanol–water partition coefficient (Wildman–Crippen LogP) is 5.40. The average Bonchev–Trinajstić information content (AvgIpc) is 3.21. The van der Waals surface area contributed by atoms with E-state index in [0.29, 0.717) is 20.8 Å². The number of hydrogen-bond donors (Lipinski definition) is 1. The van der Waals surface area contributed by atoms with Crippen LogP contribution in [-0.2, 0) is 4.79 Å². The van der Waals surface area contributed by atoms with Crippen LogP contribution in [-0.4, -0.2) is 27.1 Å². The van der Waals surface area contributed by atoms with Gasteiger partial charge in [0, 0.05) is 16.0 Å². The van der Waals surface area contributed by atoms with Gasteiger partial charge in [-0.25, -0.2) is 4.52 Å². The quantitative estimate of drug-likeness (QED) is 0.445. The second-order valence-corrected chi connectivity index (χ2v) is 8.22. The largest absolute Gasteiger partial charge is 0.484 e. The monoisotopic (exact) mass is 446 g/mol. The Morgan fingerprint density at radius 2 is 1.93 bits per heavy atom. The predicted molar refractivity (Wildman–Crippen MR) is 116 cm³/mol. The Hall–Kier alpha value is -2.61. The molecule has 0 atom stereocenters. The van der Waals surface area contributed by atoms with Gasteiger partial charge in [-0.3, -0.25) is 10.1 Å². The summed E-state index contributed by atoms with van der Waals surface area (Å²) in [5.41, 5.74) is 3.63. The van der Waals surface area contributed by atoms with E-state index >= 15 is 0 Å². The zero-order valence-corrected chi connectivity index (χ0v) is 17.9. The zero-order valence-electron chi connectivity index (χ0n) is 15.6. The normalized spacial score (nSPS) is 11.0. The molecule has 0 bridgehead atoms. The lowest BCUT2D eigenvalue weighted by atomic mass is 10.1. The number of carbonyl (C=O) groups excluding carboxylic acids is 1. The average molecular weight is 447 g/mol. The Bertz CT molecular complexity index is 1200. The van der Waals surface area contributed by atoms with Gasteiger partial charge in [0.25, 0.3) is 11.9 Å². The molecule has 6 nitrogen and oxygen atoms in total. The molecule has 0 aliphatic carbocycles. The maximum atomic E-state index is 12.2. The van der Waals surface area contributed by atoms with E-state index in [9.17, 15) is 4.79 Å². The second-order valence-electron chi connectivity index (χ2n) is 6.54. The van der Waals surface area contributed by atoms with Gasteiger partial charge < -0.3 is 4.74 Å². The van der Waals surface area contributed by atoms with Gasteiger partial charge in [0.1, 0.15) is 5.75 Å². The van der Waals surface area contributed by atoms with Crippen molar-refractivity contribution in [3.8, 4) is 17.0 Å². The van der Waals surface area contributed by atoms with Gasteiger partial charge in [-0.15, -0.1) is 16.4 Å². The number of aryl methyl sites for hydroxylation is 2. The summed E-state index contributed by atoms with van der Waals surface area (Å²) in [5.74, 6) is 0.504. The Labute approximate surface area is 181 Å². The first-order valence-corrected chi connectivity index (χ1v) is 10.3. The third kappa shape index (κ3) is 4.37. The van der Waals surface area contributed by atoms with E-state index < -0.39 is 0 Å². The van der Waals surface area contributed by atoms with E-state index in [-0.39, 0.29) is 18.5 Å². The van der Waals surface area contributed by atoms with Gasteiger partial charge in [-0.2, -0.15) is 4.98 Å². The van der Waals surface area contributed by atoms with Crippen LogP contribution in [0.3, 0.4) is 0 Å². The van der Waals surface area contributed by atoms with Crippen molar-refractivity contribution in [2.24, 2.45) is 0 Å². The lowest BCUT2D eigenvalue weighted by molar-refractivity contribution is -0.118. The first-order chi connectivity index (χ1) is 13.9. The number of nitrogens with one attached hydrogen (secondary N) is 1. The fraction of sp³-hybridized carbons (Fsp3) is 0.150. The van der Waals surface area contributed by atoms with E-state index in [1.54, 1.807) is 22.7 Å². The fourth-order valence-electron chi connectivity index (χ4n) is 2.94. The number of aromatic nitrogens is 3. The Balaban J connectivity index is 1.49. The molecule has 29 heavy (non-hydrogen) atoms. The summed E-state index contributed by atoms with van der Waals surface area (Å²) in [7, 11) is 0. The van der Waals surface area contributed by atoms with Crippen molar-refractivity contribution in [3.05, 3.63) is 63.0 Å². The highest BCUT2D eigenvalue weighted by atomic mass is 35.5. The van der Waals surface area contributed by atoms with Crippen LogP contribution in [0.25, 0.3) is 16.2 Å². The summed E-state index contributed by atoms with van der Waals surface area (Å²) < 4.78 is 7.20. The van der Waals surface area contributed by atoms with Crippen molar-refractivity contribution in [1.82, 2.24) is 14.6 Å². The fourth-order valence-corrected chi connectivity index (χ4v) is 4.15. The van der Waals surface area contributed by atoms with Crippen molar-refractivity contribution in [2.45, 2.75) is 13.8 Å². The molecule has 0 fully saturated rings. The molecule has 1 N–H and O–H groups in total. The summed E-state index contributed by atoms with van der Waals surface area (Å²) in [5, 5.41) is 10.0. The number of carbonyl (C=O) groups is 1. The van der Waals surface area contributed by atoms with Crippen molar-refractivity contribution in [2.75, 3.05) is 11.9 Å². The number of amides is 1. The van der Waals surface area contributed by atoms with Gasteiger partial charge in [-0.1, -0.05) is 29.3 Å². The number of rotatable bonds is 5. The smallest absolute Gasteiger partial charge is 0.264 e. The molecule has 4 aromatic rings. The Morgan fingerprint density at radius 1 is 1.17 bits per heavy atom. The highest BCUT2D eigenvalue weighted by Crippen LogP contribution is 2.33. The summed E-state index contributed by atoms with van der Waals surface area (Å²) in [4.78, 5) is 17.2. The molecule has 0 saturated heterocycles. The maximum Gasteiger partial charge on any atom is 0.264 e. The molecule has 2 aromatic heterocycles. The van der Waals surface area contributed by atoms with E-state index in [1.165, 1.54) is 11.3 Å². The minimum atomic E-state index is -0.343. The first-order valence-electron chi connectivity index (χ1n) is 8.70. The van der Waals surface area contributed by atoms with Gasteiger partial charge >= 0.3 is 0 Å². The number of anilines is 1. The van der Waals surface area contributed by atoms with E-state index in [1.807, 2.05) is 37.4 Å². The Morgan fingerprint density at radius 3 is 2.69 bits per heavy atom. The molecule has 0 radical (unpaired) electrons. The van der Waals surface area contributed by atoms with E-state index in [0.717, 1.165) is 22.4 Å². The standard InChI is InChI=1S/C20H16Cl2N4O2S/c1-11-5-12(2)7-14(6-11)28-9-18(27)23-19-24-20-26(25-19)17(10-29-20)15-8-13(21)3-4-16(15)22/h3-8,10H,9H2,1-2H3,(H,23,25,27). The molecule has 9 heteroatoms. The van der Waals surface area contributed by atoms with Crippen molar-refractivity contribution < 1.29 is 9.53 Å². The zero-order chi connectivity index (χ0) is 20.5. The Kier molecular flexibility index (Phi) is 5.45. The molecule has 0 spiro atoms. The minimum Gasteiger partial charge on any atom is -0.484 e. The number of fused-ring (bicyclic) bond motifs is 1. The summed E-state index contributed by atoms with van der Waals surface area (Å²) in [6, 6.07) is 11.0. The number of halogens is 2. The molecule has 0 unspecified atom stereocenters. The van der Waals surface area contributed by atoms with Crippen LogP contribution in [0.5, 0.6) is 5.75 Å². The third-order valence-corrected chi connectivity index (χ3v) is 5.48. The summed E-state index contributed by atoms with van der Waals surface area (Å²) >= 11 is 13.8. The number of benzene rings is 2. The second kappa shape index (κ2) is 8.02. The molecule has 2 heterocycles. The van der Waals surface area contributed by atoms with E-state index in [4.69, 9.17) is 27.9 Å². The van der Waals surface area contributed by atoms with Crippen LogP contribution in [0.15, 0.2) is 41.8 Å². The number of hydrogen-bond acceptors (Lipinski definition) is 5. The molecular formula is C20H16Cl2N4O2S. The summed E-state index contributed by atoms with van der Waals surface area (Å²) in [6.45, 7) is 3.82. The van der Waals surface area contributed by atoms with Crippen LogP contribution in [0.1, 0.15) is 11.1 Å².